The predicted molar refractivity (Wildman–Crippen MR) is 76.4 cm³/mol. The summed E-state index contributed by atoms with van der Waals surface area (Å²) in [6.45, 7) is 2.74. The number of hydrogen-bond acceptors (Lipinski definition) is 4. The third kappa shape index (κ3) is 3.02. The van der Waals surface area contributed by atoms with Crippen molar-refractivity contribution in [3.8, 4) is 5.75 Å². The lowest BCUT2D eigenvalue weighted by molar-refractivity contribution is 0.0885. The largest absolute Gasteiger partial charge is 0.493 e. The molecule has 0 amide bonds. The van der Waals surface area contributed by atoms with E-state index in [1.54, 1.807) is 7.11 Å². The molecule has 4 heteroatoms. The standard InChI is InChI=1S/C16H21NO3/c1-19-9-7-17(14-3-4-14)11-15(18)12-2-5-16-13(10-12)6-8-20-16/h2,5,10,14H,3-4,6-9,11H2,1H3. The second-order valence-corrected chi connectivity index (χ2v) is 5.54. The summed E-state index contributed by atoms with van der Waals surface area (Å²) in [5.41, 5.74) is 1.96. The topological polar surface area (TPSA) is 38.8 Å². The normalized spacial score (nSPS) is 17.1. The van der Waals surface area contributed by atoms with Crippen LogP contribution in [0.15, 0.2) is 18.2 Å². The molecule has 1 fully saturated rings. The maximum atomic E-state index is 12.4. The van der Waals surface area contributed by atoms with Crippen LogP contribution in [0.1, 0.15) is 28.8 Å². The zero-order valence-corrected chi connectivity index (χ0v) is 11.9. The Balaban J connectivity index is 1.65. The van der Waals surface area contributed by atoms with Crippen LogP contribution in [0.25, 0.3) is 0 Å². The molecule has 1 heterocycles. The molecule has 0 saturated heterocycles. The summed E-state index contributed by atoms with van der Waals surface area (Å²) in [7, 11) is 1.70. The number of carbonyl (C=O) groups excluding carboxylic acids is 1. The second-order valence-electron chi connectivity index (χ2n) is 5.54. The van der Waals surface area contributed by atoms with Crippen LogP contribution in [-0.4, -0.2) is 50.1 Å². The van der Waals surface area contributed by atoms with Crippen LogP contribution in [0.2, 0.25) is 0 Å². The first-order valence-corrected chi connectivity index (χ1v) is 7.30. The molecular formula is C16H21NO3. The summed E-state index contributed by atoms with van der Waals surface area (Å²) >= 11 is 0. The van der Waals surface area contributed by atoms with Gasteiger partial charge in [0.15, 0.2) is 5.78 Å². The number of carbonyl (C=O) groups is 1. The van der Waals surface area contributed by atoms with E-state index in [9.17, 15) is 4.79 Å². The number of nitrogens with zero attached hydrogens (tertiary/aromatic N) is 1. The highest BCUT2D eigenvalue weighted by Crippen LogP contribution is 2.28. The Morgan fingerprint density at radius 3 is 3.05 bits per heavy atom. The van der Waals surface area contributed by atoms with Crippen LogP contribution >= 0.6 is 0 Å². The van der Waals surface area contributed by atoms with Crippen molar-refractivity contribution in [3.63, 3.8) is 0 Å². The minimum atomic E-state index is 0.197. The van der Waals surface area contributed by atoms with Crippen LogP contribution in [0, 0.1) is 0 Å². The molecule has 2 aliphatic rings. The van der Waals surface area contributed by atoms with E-state index in [1.807, 2.05) is 18.2 Å². The summed E-state index contributed by atoms with van der Waals surface area (Å²) in [4.78, 5) is 14.7. The lowest BCUT2D eigenvalue weighted by Gasteiger charge is -2.20. The molecule has 1 aromatic rings. The van der Waals surface area contributed by atoms with Gasteiger partial charge in [-0.1, -0.05) is 0 Å². The molecule has 1 aromatic carbocycles. The van der Waals surface area contributed by atoms with E-state index >= 15 is 0 Å². The van der Waals surface area contributed by atoms with Crippen LogP contribution < -0.4 is 4.74 Å². The van der Waals surface area contributed by atoms with Crippen molar-refractivity contribution in [1.82, 2.24) is 4.90 Å². The fraction of sp³-hybridized carbons (Fsp3) is 0.562. The van der Waals surface area contributed by atoms with Gasteiger partial charge in [-0.05, 0) is 36.6 Å². The molecular weight excluding hydrogens is 254 g/mol. The zero-order chi connectivity index (χ0) is 13.9. The molecule has 0 radical (unpaired) electrons. The van der Waals surface area contributed by atoms with Gasteiger partial charge in [0.25, 0.3) is 0 Å². The van der Waals surface area contributed by atoms with Gasteiger partial charge in [-0.2, -0.15) is 0 Å². The number of benzene rings is 1. The number of fused-ring (bicyclic) bond motifs is 1. The van der Waals surface area contributed by atoms with Gasteiger partial charge in [0.1, 0.15) is 5.75 Å². The van der Waals surface area contributed by atoms with Crippen LogP contribution in [0.3, 0.4) is 0 Å². The SMILES string of the molecule is COCCN(CC(=O)c1ccc2c(c1)CCO2)C1CC1. The molecule has 20 heavy (non-hydrogen) atoms. The third-order valence-electron chi connectivity index (χ3n) is 4.00. The van der Waals surface area contributed by atoms with Gasteiger partial charge in [-0.3, -0.25) is 9.69 Å². The van der Waals surface area contributed by atoms with Gasteiger partial charge in [0.05, 0.1) is 19.8 Å². The molecule has 0 aromatic heterocycles. The minimum absolute atomic E-state index is 0.197. The van der Waals surface area contributed by atoms with Gasteiger partial charge in [-0.25, -0.2) is 0 Å². The van der Waals surface area contributed by atoms with Crippen molar-refractivity contribution in [2.45, 2.75) is 25.3 Å². The second kappa shape index (κ2) is 5.94. The van der Waals surface area contributed by atoms with Crippen molar-refractivity contribution < 1.29 is 14.3 Å². The average Bonchev–Trinajstić information content (AvgIpc) is 3.20. The minimum Gasteiger partial charge on any atom is -0.493 e. The van der Waals surface area contributed by atoms with Gasteiger partial charge in [0, 0.05) is 31.7 Å². The van der Waals surface area contributed by atoms with Crippen LogP contribution in [-0.2, 0) is 11.2 Å². The number of rotatable bonds is 7. The first kappa shape index (κ1) is 13.6. The van der Waals surface area contributed by atoms with Gasteiger partial charge < -0.3 is 9.47 Å². The highest BCUT2D eigenvalue weighted by atomic mass is 16.5. The number of Topliss-reactive ketones (excluding diaryl/α,β-unsaturated/α-hetero) is 1. The molecule has 1 aliphatic heterocycles. The Labute approximate surface area is 119 Å². The summed E-state index contributed by atoms with van der Waals surface area (Å²) in [6.07, 6.45) is 3.32. The zero-order valence-electron chi connectivity index (χ0n) is 11.9. The quantitative estimate of drug-likeness (QED) is 0.713. The highest BCUT2D eigenvalue weighted by Gasteiger charge is 2.30. The first-order valence-electron chi connectivity index (χ1n) is 7.30. The van der Waals surface area contributed by atoms with E-state index in [4.69, 9.17) is 9.47 Å². The highest BCUT2D eigenvalue weighted by molar-refractivity contribution is 5.98. The molecule has 0 bridgehead atoms. The van der Waals surface area contributed by atoms with Gasteiger partial charge in [0.2, 0.25) is 0 Å². The fourth-order valence-corrected chi connectivity index (χ4v) is 2.67. The molecule has 4 nitrogen and oxygen atoms in total. The number of ketones is 1. The Kier molecular flexibility index (Phi) is 4.03. The number of ether oxygens (including phenoxy) is 2. The van der Waals surface area contributed by atoms with E-state index in [0.29, 0.717) is 19.2 Å². The van der Waals surface area contributed by atoms with Crippen molar-refractivity contribution in [1.29, 1.82) is 0 Å². The molecule has 0 atom stereocenters. The molecule has 0 N–H and O–H groups in total. The van der Waals surface area contributed by atoms with Gasteiger partial charge >= 0.3 is 0 Å². The van der Waals surface area contributed by atoms with E-state index in [1.165, 1.54) is 12.8 Å². The maximum Gasteiger partial charge on any atom is 0.176 e. The van der Waals surface area contributed by atoms with Crippen molar-refractivity contribution >= 4 is 5.78 Å². The molecule has 0 unspecified atom stereocenters. The van der Waals surface area contributed by atoms with Crippen molar-refractivity contribution in [2.24, 2.45) is 0 Å². The lowest BCUT2D eigenvalue weighted by Crippen LogP contribution is -2.34. The Morgan fingerprint density at radius 1 is 1.45 bits per heavy atom. The van der Waals surface area contributed by atoms with Crippen LogP contribution in [0.5, 0.6) is 5.75 Å². The van der Waals surface area contributed by atoms with E-state index in [0.717, 1.165) is 36.4 Å². The van der Waals surface area contributed by atoms with Crippen molar-refractivity contribution in [3.05, 3.63) is 29.3 Å². The fourth-order valence-electron chi connectivity index (χ4n) is 2.67. The first-order chi connectivity index (χ1) is 9.78. The average molecular weight is 275 g/mol. The van der Waals surface area contributed by atoms with E-state index < -0.39 is 0 Å². The maximum absolute atomic E-state index is 12.4. The number of methoxy groups -OCH3 is 1. The molecule has 3 rings (SSSR count). The Morgan fingerprint density at radius 2 is 2.30 bits per heavy atom. The lowest BCUT2D eigenvalue weighted by atomic mass is 10.1. The Hall–Kier alpha value is -1.39. The monoisotopic (exact) mass is 275 g/mol. The Bertz CT molecular complexity index is 496. The summed E-state index contributed by atoms with van der Waals surface area (Å²) in [6, 6.07) is 6.37. The van der Waals surface area contributed by atoms with Gasteiger partial charge in [-0.15, -0.1) is 0 Å². The summed E-state index contributed by atoms with van der Waals surface area (Å²) in [5.74, 6) is 1.13. The number of hydrogen-bond donors (Lipinski definition) is 0. The molecule has 1 saturated carbocycles. The van der Waals surface area contributed by atoms with Crippen molar-refractivity contribution in [2.75, 3.05) is 33.4 Å². The third-order valence-corrected chi connectivity index (χ3v) is 4.00. The molecule has 1 aliphatic carbocycles. The molecule has 108 valence electrons. The predicted octanol–water partition coefficient (Wildman–Crippen LogP) is 1.92. The summed E-state index contributed by atoms with van der Waals surface area (Å²) < 4.78 is 10.6. The summed E-state index contributed by atoms with van der Waals surface area (Å²) in [5, 5.41) is 0. The smallest absolute Gasteiger partial charge is 0.176 e. The van der Waals surface area contributed by atoms with Crippen LogP contribution in [0.4, 0.5) is 0 Å². The molecule has 0 spiro atoms. The van der Waals surface area contributed by atoms with E-state index in [2.05, 4.69) is 4.90 Å². The van der Waals surface area contributed by atoms with E-state index in [-0.39, 0.29) is 5.78 Å².